The molecule has 1 heterocycles. The van der Waals surface area contributed by atoms with Crippen LogP contribution in [0.15, 0.2) is 71.3 Å². The van der Waals surface area contributed by atoms with Crippen LogP contribution in [-0.2, 0) is 34.4 Å². The summed E-state index contributed by atoms with van der Waals surface area (Å²) in [5.74, 6) is 0.244. The molecule has 0 spiro atoms. The zero-order valence-corrected chi connectivity index (χ0v) is 16.6. The maximum atomic E-state index is 13.1. The topological polar surface area (TPSA) is 76.8 Å². The standard InChI is InChI=1S/C21H20FNO5S/c1-29(25,26)28-19-5-2-4-17(12-19)14-23(15-20-6-3-11-27-20)21(24)13-16-7-9-18(22)10-8-16/h2-12H,13-15H2,1H3. The van der Waals surface area contributed by atoms with Gasteiger partial charge in [0, 0.05) is 6.54 Å². The molecule has 0 saturated heterocycles. The van der Waals surface area contributed by atoms with Gasteiger partial charge >= 0.3 is 10.1 Å². The normalized spacial score (nSPS) is 11.2. The van der Waals surface area contributed by atoms with E-state index >= 15 is 0 Å². The van der Waals surface area contributed by atoms with Crippen molar-refractivity contribution in [2.45, 2.75) is 19.5 Å². The zero-order chi connectivity index (χ0) is 20.9. The maximum Gasteiger partial charge on any atom is 0.306 e. The molecule has 152 valence electrons. The average Bonchev–Trinajstić information content (AvgIpc) is 3.15. The Labute approximate surface area is 168 Å². The summed E-state index contributed by atoms with van der Waals surface area (Å²) in [6, 6.07) is 15.8. The SMILES string of the molecule is CS(=O)(=O)Oc1cccc(CN(Cc2ccco2)C(=O)Cc2ccc(F)cc2)c1. The summed E-state index contributed by atoms with van der Waals surface area (Å²) in [7, 11) is -3.65. The number of hydrogen-bond donors (Lipinski definition) is 0. The highest BCUT2D eigenvalue weighted by molar-refractivity contribution is 7.86. The predicted octanol–water partition coefficient (Wildman–Crippen LogP) is 3.53. The van der Waals surface area contributed by atoms with Gasteiger partial charge in [0.15, 0.2) is 0 Å². The lowest BCUT2D eigenvalue weighted by Crippen LogP contribution is -2.31. The summed E-state index contributed by atoms with van der Waals surface area (Å²) in [5, 5.41) is 0. The van der Waals surface area contributed by atoms with Crippen LogP contribution in [0.5, 0.6) is 5.75 Å². The van der Waals surface area contributed by atoms with Crippen LogP contribution in [0.3, 0.4) is 0 Å². The summed E-state index contributed by atoms with van der Waals surface area (Å²) < 4.78 is 46.1. The van der Waals surface area contributed by atoms with Gasteiger partial charge in [-0.3, -0.25) is 4.79 Å². The van der Waals surface area contributed by atoms with Crippen LogP contribution < -0.4 is 4.18 Å². The van der Waals surface area contributed by atoms with E-state index in [0.717, 1.165) is 6.26 Å². The molecule has 0 saturated carbocycles. The van der Waals surface area contributed by atoms with Crippen molar-refractivity contribution in [3.05, 3.63) is 89.6 Å². The van der Waals surface area contributed by atoms with Crippen LogP contribution in [0, 0.1) is 5.82 Å². The molecule has 1 amide bonds. The molecule has 0 aliphatic carbocycles. The van der Waals surface area contributed by atoms with Crippen molar-refractivity contribution in [3.8, 4) is 5.75 Å². The lowest BCUT2D eigenvalue weighted by atomic mass is 10.1. The number of furan rings is 1. The Morgan fingerprint density at radius 2 is 1.79 bits per heavy atom. The van der Waals surface area contributed by atoms with Gasteiger partial charge in [0.25, 0.3) is 0 Å². The van der Waals surface area contributed by atoms with Gasteiger partial charge in [-0.15, -0.1) is 0 Å². The Bertz CT molecular complexity index is 1060. The van der Waals surface area contributed by atoms with E-state index in [2.05, 4.69) is 0 Å². The van der Waals surface area contributed by atoms with Gasteiger partial charge in [-0.05, 0) is 47.5 Å². The van der Waals surface area contributed by atoms with E-state index in [1.165, 1.54) is 24.5 Å². The fourth-order valence-electron chi connectivity index (χ4n) is 2.80. The lowest BCUT2D eigenvalue weighted by molar-refractivity contribution is -0.132. The Kier molecular flexibility index (Phi) is 6.33. The number of hydrogen-bond acceptors (Lipinski definition) is 5. The molecule has 0 N–H and O–H groups in total. The summed E-state index contributed by atoms with van der Waals surface area (Å²) in [6.45, 7) is 0.464. The van der Waals surface area contributed by atoms with E-state index in [-0.39, 0.29) is 37.0 Å². The second-order valence-corrected chi connectivity index (χ2v) is 8.14. The molecular weight excluding hydrogens is 397 g/mol. The van der Waals surface area contributed by atoms with E-state index in [0.29, 0.717) is 16.9 Å². The molecule has 2 aromatic carbocycles. The largest absolute Gasteiger partial charge is 0.467 e. The van der Waals surface area contributed by atoms with Crippen molar-refractivity contribution in [2.75, 3.05) is 6.26 Å². The van der Waals surface area contributed by atoms with Crippen LogP contribution in [0.2, 0.25) is 0 Å². The molecule has 0 fully saturated rings. The van der Waals surface area contributed by atoms with Crippen LogP contribution >= 0.6 is 0 Å². The third-order valence-electron chi connectivity index (χ3n) is 4.07. The molecule has 0 radical (unpaired) electrons. The first kappa shape index (κ1) is 20.6. The maximum absolute atomic E-state index is 13.1. The monoisotopic (exact) mass is 417 g/mol. The van der Waals surface area contributed by atoms with E-state index in [4.69, 9.17) is 8.60 Å². The minimum atomic E-state index is -3.65. The Balaban J connectivity index is 1.79. The molecule has 3 aromatic rings. The van der Waals surface area contributed by atoms with Crippen LogP contribution in [0.1, 0.15) is 16.9 Å². The summed E-state index contributed by atoms with van der Waals surface area (Å²) in [6.07, 6.45) is 2.59. The van der Waals surface area contributed by atoms with Crippen molar-refractivity contribution in [1.82, 2.24) is 4.90 Å². The molecule has 0 atom stereocenters. The fraction of sp³-hybridized carbons (Fsp3) is 0.190. The molecule has 1 aromatic heterocycles. The van der Waals surface area contributed by atoms with Crippen LogP contribution in [0.25, 0.3) is 0 Å². The van der Waals surface area contributed by atoms with Gasteiger partial charge in [0.1, 0.15) is 17.3 Å². The second-order valence-electron chi connectivity index (χ2n) is 6.57. The Hall–Kier alpha value is -3.13. The third-order valence-corrected chi connectivity index (χ3v) is 4.56. The minimum absolute atomic E-state index is 0.0977. The number of halogens is 1. The van der Waals surface area contributed by atoms with Gasteiger partial charge in [0.05, 0.1) is 25.5 Å². The van der Waals surface area contributed by atoms with Gasteiger partial charge in [-0.2, -0.15) is 8.42 Å². The van der Waals surface area contributed by atoms with Gasteiger partial charge < -0.3 is 13.5 Å². The Morgan fingerprint density at radius 1 is 1.03 bits per heavy atom. The van der Waals surface area contributed by atoms with Crippen molar-refractivity contribution in [1.29, 1.82) is 0 Å². The van der Waals surface area contributed by atoms with Crippen LogP contribution in [0.4, 0.5) is 4.39 Å². The second kappa shape index (κ2) is 8.91. The minimum Gasteiger partial charge on any atom is -0.467 e. The first-order valence-corrected chi connectivity index (χ1v) is 10.6. The summed E-state index contributed by atoms with van der Waals surface area (Å²) >= 11 is 0. The highest BCUT2D eigenvalue weighted by atomic mass is 32.2. The predicted molar refractivity (Wildman–Crippen MR) is 105 cm³/mol. The van der Waals surface area contributed by atoms with Crippen LogP contribution in [-0.4, -0.2) is 25.5 Å². The molecule has 0 unspecified atom stereocenters. The van der Waals surface area contributed by atoms with E-state index in [1.807, 2.05) is 0 Å². The number of benzene rings is 2. The van der Waals surface area contributed by atoms with Gasteiger partial charge in [-0.1, -0.05) is 24.3 Å². The van der Waals surface area contributed by atoms with E-state index < -0.39 is 10.1 Å². The Morgan fingerprint density at radius 3 is 2.45 bits per heavy atom. The highest BCUT2D eigenvalue weighted by Crippen LogP contribution is 2.19. The number of amides is 1. The van der Waals surface area contributed by atoms with Crippen molar-refractivity contribution < 1.29 is 26.2 Å². The number of carbonyl (C=O) groups excluding carboxylic acids is 1. The molecule has 0 aliphatic heterocycles. The highest BCUT2D eigenvalue weighted by Gasteiger charge is 2.17. The average molecular weight is 417 g/mol. The smallest absolute Gasteiger partial charge is 0.306 e. The van der Waals surface area contributed by atoms with Crippen molar-refractivity contribution in [2.24, 2.45) is 0 Å². The molecule has 3 rings (SSSR count). The van der Waals surface area contributed by atoms with Crippen molar-refractivity contribution >= 4 is 16.0 Å². The van der Waals surface area contributed by atoms with E-state index in [9.17, 15) is 17.6 Å². The number of carbonyl (C=O) groups is 1. The van der Waals surface area contributed by atoms with E-state index in [1.54, 1.807) is 47.4 Å². The quantitative estimate of drug-likeness (QED) is 0.524. The first-order valence-electron chi connectivity index (χ1n) is 8.81. The number of rotatable bonds is 8. The molecule has 6 nitrogen and oxygen atoms in total. The molecule has 29 heavy (non-hydrogen) atoms. The molecule has 0 aliphatic rings. The van der Waals surface area contributed by atoms with Crippen molar-refractivity contribution in [3.63, 3.8) is 0 Å². The van der Waals surface area contributed by atoms with Gasteiger partial charge in [-0.25, -0.2) is 4.39 Å². The molecule has 0 bridgehead atoms. The number of nitrogens with zero attached hydrogens (tertiary/aromatic N) is 1. The fourth-order valence-corrected chi connectivity index (χ4v) is 3.26. The zero-order valence-electron chi connectivity index (χ0n) is 15.7. The lowest BCUT2D eigenvalue weighted by Gasteiger charge is -2.22. The summed E-state index contributed by atoms with van der Waals surface area (Å²) in [4.78, 5) is 14.5. The molecule has 8 heteroatoms. The summed E-state index contributed by atoms with van der Waals surface area (Å²) in [5.41, 5.74) is 1.39. The molecular formula is C21H20FNO5S. The van der Waals surface area contributed by atoms with Gasteiger partial charge in [0.2, 0.25) is 5.91 Å². The first-order chi connectivity index (χ1) is 13.8. The third kappa shape index (κ3) is 6.46.